The Morgan fingerprint density at radius 3 is 2.57 bits per heavy atom. The number of pyridine rings is 1. The first kappa shape index (κ1) is 14.0. The van der Waals surface area contributed by atoms with E-state index in [1.165, 1.54) is 4.70 Å². The van der Waals surface area contributed by atoms with Gasteiger partial charge in [-0.1, -0.05) is 12.1 Å². The zero-order chi connectivity index (χ0) is 14.8. The molecule has 1 unspecified atom stereocenters. The van der Waals surface area contributed by atoms with E-state index in [1.807, 2.05) is 55.8 Å². The molecule has 3 rings (SSSR count). The standard InChI is InChI=1S/C17H18N2OS/c1-11(2)20-14-5-3-12(4-6-14)17(18)13-9-16-15(19-10-13)7-8-21-16/h3-11,17H,18H2,1-2H3. The van der Waals surface area contributed by atoms with Crippen LogP contribution >= 0.6 is 11.3 Å². The summed E-state index contributed by atoms with van der Waals surface area (Å²) in [7, 11) is 0. The number of thiophene rings is 1. The van der Waals surface area contributed by atoms with Gasteiger partial charge in [-0.05, 0) is 54.6 Å². The quantitative estimate of drug-likeness (QED) is 0.787. The van der Waals surface area contributed by atoms with Crippen molar-refractivity contribution in [2.45, 2.75) is 26.0 Å². The van der Waals surface area contributed by atoms with E-state index in [2.05, 4.69) is 11.1 Å². The van der Waals surface area contributed by atoms with Gasteiger partial charge in [0, 0.05) is 6.20 Å². The molecule has 108 valence electrons. The van der Waals surface area contributed by atoms with Crippen LogP contribution in [-0.4, -0.2) is 11.1 Å². The molecule has 2 aromatic heterocycles. The molecule has 3 nitrogen and oxygen atoms in total. The second kappa shape index (κ2) is 5.84. The van der Waals surface area contributed by atoms with E-state index in [1.54, 1.807) is 11.3 Å². The van der Waals surface area contributed by atoms with Gasteiger partial charge in [-0.25, -0.2) is 0 Å². The normalized spacial score (nSPS) is 12.8. The highest BCUT2D eigenvalue weighted by Gasteiger charge is 2.11. The third-order valence-corrected chi connectivity index (χ3v) is 4.15. The fraction of sp³-hybridized carbons (Fsp3) is 0.235. The maximum Gasteiger partial charge on any atom is 0.119 e. The Balaban J connectivity index is 1.84. The molecule has 0 amide bonds. The third kappa shape index (κ3) is 3.06. The van der Waals surface area contributed by atoms with Crippen LogP contribution in [0.5, 0.6) is 5.75 Å². The minimum atomic E-state index is -0.169. The monoisotopic (exact) mass is 298 g/mol. The lowest BCUT2D eigenvalue weighted by atomic mass is 10.0. The van der Waals surface area contributed by atoms with Crippen molar-refractivity contribution in [2.24, 2.45) is 5.73 Å². The number of fused-ring (bicyclic) bond motifs is 1. The fourth-order valence-corrected chi connectivity index (χ4v) is 3.04. The molecule has 0 radical (unpaired) electrons. The van der Waals surface area contributed by atoms with Crippen molar-refractivity contribution in [3.05, 3.63) is 59.1 Å². The van der Waals surface area contributed by atoms with Crippen LogP contribution in [0.2, 0.25) is 0 Å². The van der Waals surface area contributed by atoms with E-state index in [9.17, 15) is 0 Å². The summed E-state index contributed by atoms with van der Waals surface area (Å²) < 4.78 is 6.82. The van der Waals surface area contributed by atoms with Crippen LogP contribution in [0.25, 0.3) is 10.2 Å². The van der Waals surface area contributed by atoms with Gasteiger partial charge >= 0.3 is 0 Å². The van der Waals surface area contributed by atoms with Crippen molar-refractivity contribution < 1.29 is 4.74 Å². The molecule has 2 heterocycles. The number of hydrogen-bond donors (Lipinski definition) is 1. The Morgan fingerprint density at radius 2 is 1.86 bits per heavy atom. The Hall–Kier alpha value is -1.91. The van der Waals surface area contributed by atoms with E-state index in [4.69, 9.17) is 10.5 Å². The highest BCUT2D eigenvalue weighted by Crippen LogP contribution is 2.26. The smallest absolute Gasteiger partial charge is 0.119 e. The van der Waals surface area contributed by atoms with Crippen molar-refractivity contribution in [3.63, 3.8) is 0 Å². The average Bonchev–Trinajstić information content (AvgIpc) is 2.94. The molecular weight excluding hydrogens is 280 g/mol. The van der Waals surface area contributed by atoms with Crippen LogP contribution in [0, 0.1) is 0 Å². The highest BCUT2D eigenvalue weighted by atomic mass is 32.1. The lowest BCUT2D eigenvalue weighted by molar-refractivity contribution is 0.242. The lowest BCUT2D eigenvalue weighted by Crippen LogP contribution is -2.12. The van der Waals surface area contributed by atoms with Gasteiger partial charge < -0.3 is 10.5 Å². The predicted molar refractivity (Wildman–Crippen MR) is 87.9 cm³/mol. The molecule has 0 fully saturated rings. The number of hydrogen-bond acceptors (Lipinski definition) is 4. The van der Waals surface area contributed by atoms with Crippen LogP contribution < -0.4 is 10.5 Å². The summed E-state index contributed by atoms with van der Waals surface area (Å²) in [6.45, 7) is 4.03. The minimum Gasteiger partial charge on any atom is -0.491 e. The van der Waals surface area contributed by atoms with Crippen molar-refractivity contribution in [1.82, 2.24) is 4.98 Å². The molecule has 0 aliphatic carbocycles. The van der Waals surface area contributed by atoms with Crippen molar-refractivity contribution in [1.29, 1.82) is 0 Å². The Kier molecular flexibility index (Phi) is 3.90. The van der Waals surface area contributed by atoms with Crippen LogP contribution in [0.3, 0.4) is 0 Å². The second-order valence-corrected chi connectivity index (χ2v) is 6.23. The molecule has 0 saturated heterocycles. The fourth-order valence-electron chi connectivity index (χ4n) is 2.25. The van der Waals surface area contributed by atoms with Gasteiger partial charge in [-0.3, -0.25) is 4.98 Å². The topological polar surface area (TPSA) is 48.1 Å². The minimum absolute atomic E-state index is 0.169. The Bertz CT molecular complexity index is 734. The molecule has 0 bridgehead atoms. The van der Waals surface area contributed by atoms with Crippen molar-refractivity contribution in [2.75, 3.05) is 0 Å². The predicted octanol–water partition coefficient (Wildman–Crippen LogP) is 4.13. The van der Waals surface area contributed by atoms with Gasteiger partial charge in [0.05, 0.1) is 22.4 Å². The molecule has 2 N–H and O–H groups in total. The summed E-state index contributed by atoms with van der Waals surface area (Å²) >= 11 is 1.69. The van der Waals surface area contributed by atoms with Crippen LogP contribution in [-0.2, 0) is 0 Å². The third-order valence-electron chi connectivity index (χ3n) is 3.29. The van der Waals surface area contributed by atoms with Crippen LogP contribution in [0.1, 0.15) is 31.0 Å². The summed E-state index contributed by atoms with van der Waals surface area (Å²) in [6.07, 6.45) is 2.04. The van der Waals surface area contributed by atoms with Gasteiger partial charge in [0.1, 0.15) is 5.75 Å². The van der Waals surface area contributed by atoms with E-state index in [0.717, 1.165) is 22.4 Å². The Labute approximate surface area is 128 Å². The lowest BCUT2D eigenvalue weighted by Gasteiger charge is -2.14. The van der Waals surface area contributed by atoms with Gasteiger partial charge in [-0.2, -0.15) is 0 Å². The number of rotatable bonds is 4. The van der Waals surface area contributed by atoms with Gasteiger partial charge in [-0.15, -0.1) is 11.3 Å². The summed E-state index contributed by atoms with van der Waals surface area (Å²) in [6, 6.07) is 11.9. The van der Waals surface area contributed by atoms with Gasteiger partial charge in [0.25, 0.3) is 0 Å². The first-order chi connectivity index (χ1) is 10.1. The molecule has 21 heavy (non-hydrogen) atoms. The number of nitrogens with zero attached hydrogens (tertiary/aromatic N) is 1. The maximum atomic E-state index is 6.35. The van der Waals surface area contributed by atoms with E-state index < -0.39 is 0 Å². The van der Waals surface area contributed by atoms with Gasteiger partial charge in [0.2, 0.25) is 0 Å². The molecule has 0 spiro atoms. The van der Waals surface area contributed by atoms with Crippen LogP contribution in [0.4, 0.5) is 0 Å². The average molecular weight is 298 g/mol. The summed E-state index contributed by atoms with van der Waals surface area (Å²) in [5.41, 5.74) is 9.47. The molecule has 4 heteroatoms. The second-order valence-electron chi connectivity index (χ2n) is 5.29. The summed E-state index contributed by atoms with van der Waals surface area (Å²) in [4.78, 5) is 4.45. The first-order valence-electron chi connectivity index (χ1n) is 6.99. The van der Waals surface area contributed by atoms with Crippen molar-refractivity contribution in [3.8, 4) is 5.75 Å². The molecule has 1 aromatic carbocycles. The zero-order valence-corrected chi connectivity index (χ0v) is 12.9. The number of benzene rings is 1. The van der Waals surface area contributed by atoms with E-state index >= 15 is 0 Å². The number of aromatic nitrogens is 1. The maximum absolute atomic E-state index is 6.35. The number of ether oxygens (including phenoxy) is 1. The largest absolute Gasteiger partial charge is 0.491 e. The summed E-state index contributed by atoms with van der Waals surface area (Å²) in [5.74, 6) is 0.868. The first-order valence-corrected chi connectivity index (χ1v) is 7.87. The molecule has 1 atom stereocenters. The molecular formula is C17H18N2OS. The van der Waals surface area contributed by atoms with Crippen LogP contribution in [0.15, 0.2) is 48.0 Å². The molecule has 0 saturated carbocycles. The SMILES string of the molecule is CC(C)Oc1ccc(C(N)c2cnc3ccsc3c2)cc1. The zero-order valence-electron chi connectivity index (χ0n) is 12.1. The molecule has 0 aliphatic rings. The molecule has 3 aromatic rings. The van der Waals surface area contributed by atoms with Gasteiger partial charge in [0.15, 0.2) is 0 Å². The number of nitrogens with two attached hydrogens (primary N) is 1. The van der Waals surface area contributed by atoms with Crippen molar-refractivity contribution >= 4 is 21.6 Å². The highest BCUT2D eigenvalue weighted by molar-refractivity contribution is 7.17. The van der Waals surface area contributed by atoms with E-state index in [-0.39, 0.29) is 12.1 Å². The van der Waals surface area contributed by atoms with E-state index in [0.29, 0.717) is 0 Å². The Morgan fingerprint density at radius 1 is 1.10 bits per heavy atom. The summed E-state index contributed by atoms with van der Waals surface area (Å²) in [5, 5.41) is 2.05. The molecule has 0 aliphatic heterocycles.